The highest BCUT2D eigenvalue weighted by Gasteiger charge is 2.26. The van der Waals surface area contributed by atoms with Gasteiger partial charge in [-0.1, -0.05) is 30.8 Å². The number of aliphatic imine (C=N–C) groups is 2. The zero-order chi connectivity index (χ0) is 24.1. The van der Waals surface area contributed by atoms with Crippen LogP contribution in [0.3, 0.4) is 0 Å². The SMILES string of the molecule is C=C(NC(C)C(O)CN1CCc2ccccc2C1)C1=NC=NC(NC2CCN(C(C)=O)CC2)C1. The molecule has 1 saturated heterocycles. The highest BCUT2D eigenvalue weighted by atomic mass is 16.3. The van der Waals surface area contributed by atoms with Crippen molar-refractivity contribution in [1.82, 2.24) is 20.4 Å². The number of hydrogen-bond donors (Lipinski definition) is 3. The molecule has 3 atom stereocenters. The number of fused-ring (bicyclic) bond motifs is 1. The summed E-state index contributed by atoms with van der Waals surface area (Å²) in [6.45, 7) is 11.8. The molecule has 0 spiro atoms. The van der Waals surface area contributed by atoms with E-state index in [9.17, 15) is 9.90 Å². The second-order valence-electron chi connectivity index (χ2n) is 9.74. The molecule has 4 rings (SSSR count). The minimum atomic E-state index is -0.514. The number of aliphatic hydroxyl groups excluding tert-OH is 1. The number of nitrogens with zero attached hydrogens (tertiary/aromatic N) is 4. The molecule has 34 heavy (non-hydrogen) atoms. The summed E-state index contributed by atoms with van der Waals surface area (Å²) in [6, 6.07) is 8.75. The number of piperidine rings is 1. The van der Waals surface area contributed by atoms with E-state index in [1.807, 2.05) is 11.8 Å². The van der Waals surface area contributed by atoms with E-state index in [4.69, 9.17) is 0 Å². The van der Waals surface area contributed by atoms with Crippen molar-refractivity contribution in [2.24, 2.45) is 9.98 Å². The van der Waals surface area contributed by atoms with Gasteiger partial charge in [-0.25, -0.2) is 4.99 Å². The summed E-state index contributed by atoms with van der Waals surface area (Å²) in [5.41, 5.74) is 4.36. The molecule has 1 fully saturated rings. The number of aliphatic hydroxyl groups is 1. The van der Waals surface area contributed by atoms with Gasteiger partial charge in [-0.3, -0.25) is 20.0 Å². The van der Waals surface area contributed by atoms with Crippen LogP contribution in [0, 0.1) is 0 Å². The second kappa shape index (κ2) is 11.3. The Bertz CT molecular complexity index is 937. The molecule has 3 aliphatic rings. The van der Waals surface area contributed by atoms with Gasteiger partial charge < -0.3 is 15.3 Å². The lowest BCUT2D eigenvalue weighted by Crippen LogP contribution is -2.48. The van der Waals surface area contributed by atoms with Crippen LogP contribution >= 0.6 is 0 Å². The van der Waals surface area contributed by atoms with Gasteiger partial charge in [-0.05, 0) is 37.3 Å². The van der Waals surface area contributed by atoms with Gasteiger partial charge in [0.25, 0.3) is 0 Å². The van der Waals surface area contributed by atoms with Crippen LogP contribution in [0.5, 0.6) is 0 Å². The third-order valence-electron chi connectivity index (χ3n) is 7.20. The van der Waals surface area contributed by atoms with Crippen LogP contribution in [0.2, 0.25) is 0 Å². The Kier molecular flexibility index (Phi) is 8.13. The van der Waals surface area contributed by atoms with E-state index in [2.05, 4.69) is 56.4 Å². The predicted molar refractivity (Wildman–Crippen MR) is 136 cm³/mol. The summed E-state index contributed by atoms with van der Waals surface area (Å²) < 4.78 is 0. The number of carbonyl (C=O) groups excluding carboxylic acids is 1. The number of likely N-dealkylation sites (tertiary alicyclic amines) is 1. The standard InChI is InChI=1S/C26H38N6O2/c1-18(24-14-26(28-17-27-24)30-23-9-12-32(13-10-23)20(3)33)29-19(2)25(34)16-31-11-8-21-6-4-5-7-22(21)15-31/h4-7,17,19,23,25-26,29-30,34H,1,8-16H2,2-3H3. The molecule has 3 aliphatic heterocycles. The van der Waals surface area contributed by atoms with Gasteiger partial charge in [-0.15, -0.1) is 0 Å². The van der Waals surface area contributed by atoms with Crippen LogP contribution in [0.15, 0.2) is 46.5 Å². The first-order valence-corrected chi connectivity index (χ1v) is 12.4. The topological polar surface area (TPSA) is 92.6 Å². The molecular weight excluding hydrogens is 428 g/mol. The van der Waals surface area contributed by atoms with E-state index in [1.54, 1.807) is 13.3 Å². The number of hydrogen-bond acceptors (Lipinski definition) is 7. The molecule has 184 valence electrons. The lowest BCUT2D eigenvalue weighted by molar-refractivity contribution is -0.129. The third-order valence-corrected chi connectivity index (χ3v) is 7.20. The minimum absolute atomic E-state index is 0.0476. The molecule has 3 heterocycles. The molecule has 1 aromatic rings. The van der Waals surface area contributed by atoms with Crippen molar-refractivity contribution in [3.8, 4) is 0 Å². The molecule has 1 amide bonds. The van der Waals surface area contributed by atoms with Gasteiger partial charge in [0.15, 0.2) is 0 Å². The van der Waals surface area contributed by atoms with Crippen LogP contribution in [0.25, 0.3) is 0 Å². The van der Waals surface area contributed by atoms with E-state index < -0.39 is 6.10 Å². The van der Waals surface area contributed by atoms with Crippen LogP contribution in [0.1, 0.15) is 44.2 Å². The number of rotatable bonds is 8. The van der Waals surface area contributed by atoms with Crippen molar-refractivity contribution in [2.45, 2.75) is 70.4 Å². The van der Waals surface area contributed by atoms with E-state index in [0.29, 0.717) is 19.0 Å². The molecule has 0 aromatic heterocycles. The molecular formula is C26H38N6O2. The fourth-order valence-electron chi connectivity index (χ4n) is 5.00. The van der Waals surface area contributed by atoms with Gasteiger partial charge in [0.05, 0.1) is 17.9 Å². The Morgan fingerprint density at radius 3 is 2.71 bits per heavy atom. The number of β-amino-alcohol motifs (C(OH)–C–C–N with tert-alkyl or cyclic N) is 1. The van der Waals surface area contributed by atoms with Crippen LogP contribution in [-0.4, -0.2) is 83.4 Å². The van der Waals surface area contributed by atoms with Crippen LogP contribution in [0.4, 0.5) is 0 Å². The van der Waals surface area contributed by atoms with Gasteiger partial charge in [0, 0.05) is 57.8 Å². The maximum absolute atomic E-state index is 11.5. The van der Waals surface area contributed by atoms with Gasteiger partial charge in [-0.2, -0.15) is 0 Å². The van der Waals surface area contributed by atoms with E-state index in [0.717, 1.165) is 56.9 Å². The van der Waals surface area contributed by atoms with Crippen LogP contribution in [-0.2, 0) is 17.8 Å². The Balaban J connectivity index is 1.22. The van der Waals surface area contributed by atoms with Gasteiger partial charge in [0.2, 0.25) is 5.91 Å². The Labute approximate surface area is 202 Å². The Hall–Kier alpha value is -2.55. The van der Waals surface area contributed by atoms with Crippen molar-refractivity contribution in [3.05, 3.63) is 47.7 Å². The average molecular weight is 467 g/mol. The molecule has 8 heteroatoms. The highest BCUT2D eigenvalue weighted by Crippen LogP contribution is 2.19. The predicted octanol–water partition coefficient (Wildman–Crippen LogP) is 1.70. The number of carbonyl (C=O) groups is 1. The fourth-order valence-corrected chi connectivity index (χ4v) is 5.00. The first kappa shape index (κ1) is 24.6. The van der Waals surface area contributed by atoms with Crippen molar-refractivity contribution >= 4 is 18.0 Å². The third kappa shape index (κ3) is 6.31. The van der Waals surface area contributed by atoms with Crippen LogP contribution < -0.4 is 10.6 Å². The van der Waals surface area contributed by atoms with Gasteiger partial charge in [0.1, 0.15) is 12.5 Å². The van der Waals surface area contributed by atoms with E-state index in [-0.39, 0.29) is 18.1 Å². The van der Waals surface area contributed by atoms with E-state index >= 15 is 0 Å². The second-order valence-corrected chi connectivity index (χ2v) is 9.74. The lowest BCUT2D eigenvalue weighted by Gasteiger charge is -2.34. The van der Waals surface area contributed by atoms with Crippen molar-refractivity contribution in [1.29, 1.82) is 0 Å². The number of nitrogens with one attached hydrogen (secondary N) is 2. The molecule has 1 aromatic carbocycles. The summed E-state index contributed by atoms with van der Waals surface area (Å²) in [4.78, 5) is 24.7. The summed E-state index contributed by atoms with van der Waals surface area (Å²) in [5.74, 6) is 0.146. The number of amides is 1. The van der Waals surface area contributed by atoms with Gasteiger partial charge >= 0.3 is 0 Å². The lowest BCUT2D eigenvalue weighted by atomic mass is 9.99. The first-order valence-electron chi connectivity index (χ1n) is 12.4. The zero-order valence-electron chi connectivity index (χ0n) is 20.4. The maximum Gasteiger partial charge on any atom is 0.219 e. The summed E-state index contributed by atoms with van der Waals surface area (Å²) in [6.07, 6.45) is 4.58. The van der Waals surface area contributed by atoms with Crippen molar-refractivity contribution < 1.29 is 9.90 Å². The number of benzene rings is 1. The Morgan fingerprint density at radius 1 is 1.24 bits per heavy atom. The summed E-state index contributed by atoms with van der Waals surface area (Å²) in [5, 5.41) is 17.8. The summed E-state index contributed by atoms with van der Waals surface area (Å²) >= 11 is 0. The molecule has 0 aliphatic carbocycles. The Morgan fingerprint density at radius 2 is 1.97 bits per heavy atom. The normalized spacial score (nSPS) is 23.1. The monoisotopic (exact) mass is 466 g/mol. The zero-order valence-corrected chi connectivity index (χ0v) is 20.4. The molecule has 3 N–H and O–H groups in total. The summed E-state index contributed by atoms with van der Waals surface area (Å²) in [7, 11) is 0. The first-order chi connectivity index (χ1) is 16.4. The quantitative estimate of drug-likeness (QED) is 0.542. The minimum Gasteiger partial charge on any atom is -0.390 e. The molecule has 0 saturated carbocycles. The smallest absolute Gasteiger partial charge is 0.219 e. The fraction of sp³-hybridized carbons (Fsp3) is 0.577. The molecule has 3 unspecified atom stereocenters. The average Bonchev–Trinajstić information content (AvgIpc) is 2.84. The molecule has 0 bridgehead atoms. The largest absolute Gasteiger partial charge is 0.390 e. The molecule has 0 radical (unpaired) electrons. The number of allylic oxidation sites excluding steroid dienone is 1. The highest BCUT2D eigenvalue weighted by molar-refractivity contribution is 6.04. The van der Waals surface area contributed by atoms with E-state index in [1.165, 1.54) is 11.1 Å². The van der Waals surface area contributed by atoms with Crippen molar-refractivity contribution in [2.75, 3.05) is 26.2 Å². The van der Waals surface area contributed by atoms with Crippen molar-refractivity contribution in [3.63, 3.8) is 0 Å². The molecule has 8 nitrogen and oxygen atoms in total. The maximum atomic E-state index is 11.5.